The third-order valence-corrected chi connectivity index (χ3v) is 8.06. The van der Waals surface area contributed by atoms with Gasteiger partial charge in [0.2, 0.25) is 10.0 Å². The summed E-state index contributed by atoms with van der Waals surface area (Å²) in [5, 5.41) is 22.9. The van der Waals surface area contributed by atoms with E-state index in [1.165, 1.54) is 43.4 Å². The fourth-order valence-electron chi connectivity index (χ4n) is 3.97. The van der Waals surface area contributed by atoms with Crippen LogP contribution in [0.3, 0.4) is 0 Å². The topological polar surface area (TPSA) is 107 Å². The highest BCUT2D eigenvalue weighted by Crippen LogP contribution is 2.26. The van der Waals surface area contributed by atoms with Gasteiger partial charge in [0.25, 0.3) is 0 Å². The predicted molar refractivity (Wildman–Crippen MR) is 142 cm³/mol. The molecule has 7 nitrogen and oxygen atoms in total. The van der Waals surface area contributed by atoms with Crippen molar-refractivity contribution in [1.82, 2.24) is 9.62 Å². The van der Waals surface area contributed by atoms with E-state index in [1.807, 2.05) is 13.8 Å². The van der Waals surface area contributed by atoms with E-state index < -0.39 is 39.3 Å². The van der Waals surface area contributed by atoms with Gasteiger partial charge in [-0.2, -0.15) is 4.31 Å². The molecule has 38 heavy (non-hydrogen) atoms. The second kappa shape index (κ2) is 11.9. The van der Waals surface area contributed by atoms with Gasteiger partial charge in [-0.3, -0.25) is 0 Å². The lowest BCUT2D eigenvalue weighted by molar-refractivity contribution is 0.0696. The van der Waals surface area contributed by atoms with Crippen molar-refractivity contribution in [1.29, 1.82) is 0 Å². The van der Waals surface area contributed by atoms with Crippen molar-refractivity contribution in [2.75, 3.05) is 20.1 Å². The molecule has 0 aromatic heterocycles. The molecule has 0 bridgehead atoms. The molecule has 0 aliphatic heterocycles. The summed E-state index contributed by atoms with van der Waals surface area (Å²) < 4.78 is 55.1. The molecule has 3 rings (SSSR count). The van der Waals surface area contributed by atoms with Gasteiger partial charge in [0.15, 0.2) is 0 Å². The van der Waals surface area contributed by atoms with Gasteiger partial charge in [0, 0.05) is 25.7 Å². The molecule has 0 saturated carbocycles. The summed E-state index contributed by atoms with van der Waals surface area (Å²) in [6, 6.07) is 13.5. The number of rotatable bonds is 11. The summed E-state index contributed by atoms with van der Waals surface area (Å²) in [4.78, 5) is 11.2. The standard InChI is InChI=1S/C27H29ClF2N2O5S/c1-27(2,14-17-7-8-24(28)25(30)9-17)31-15-22(33)16-32(3)38(36,37)23-6-4-5-18(13-23)19-10-20(26(34)35)12-21(29)11-19/h4-13,22,31,33H,14-16H2,1-3H3,(H,34,35)/t22-/m1/s1. The first-order valence-electron chi connectivity index (χ1n) is 11.7. The third-order valence-electron chi connectivity index (χ3n) is 5.93. The number of nitrogens with zero attached hydrogens (tertiary/aromatic N) is 1. The van der Waals surface area contributed by atoms with E-state index >= 15 is 0 Å². The number of benzene rings is 3. The van der Waals surface area contributed by atoms with Crippen LogP contribution >= 0.6 is 11.6 Å². The van der Waals surface area contributed by atoms with Gasteiger partial charge < -0.3 is 15.5 Å². The Hall–Kier alpha value is -2.89. The minimum atomic E-state index is -4.03. The zero-order valence-electron chi connectivity index (χ0n) is 21.1. The number of aromatic carboxylic acids is 1. The molecule has 0 saturated heterocycles. The molecule has 11 heteroatoms. The summed E-state index contributed by atoms with van der Waals surface area (Å²) in [6.07, 6.45) is -0.612. The monoisotopic (exact) mass is 566 g/mol. The van der Waals surface area contributed by atoms with Crippen LogP contribution in [0.5, 0.6) is 0 Å². The molecule has 0 radical (unpaired) electrons. The number of β-amino-alcohol motifs (C(OH)–C–C–N with tert-alkyl or cyclic N) is 1. The number of sulfonamides is 1. The van der Waals surface area contributed by atoms with Gasteiger partial charge in [0.1, 0.15) is 11.6 Å². The second-order valence-electron chi connectivity index (χ2n) is 9.69. The number of hydrogen-bond acceptors (Lipinski definition) is 5. The highest BCUT2D eigenvalue weighted by molar-refractivity contribution is 7.89. The Kier molecular flexibility index (Phi) is 9.27. The molecule has 0 unspecified atom stereocenters. The summed E-state index contributed by atoms with van der Waals surface area (Å²) in [6.45, 7) is 3.61. The molecule has 0 heterocycles. The lowest BCUT2D eigenvalue weighted by Crippen LogP contribution is -2.47. The Balaban J connectivity index is 1.67. The van der Waals surface area contributed by atoms with Crippen molar-refractivity contribution >= 4 is 27.6 Å². The summed E-state index contributed by atoms with van der Waals surface area (Å²) in [7, 11) is -2.70. The first-order chi connectivity index (χ1) is 17.7. The van der Waals surface area contributed by atoms with Crippen molar-refractivity contribution in [3.63, 3.8) is 0 Å². The van der Waals surface area contributed by atoms with E-state index in [0.717, 1.165) is 16.4 Å². The van der Waals surface area contributed by atoms with Crippen molar-refractivity contribution in [3.8, 4) is 11.1 Å². The number of carboxylic acid groups (broad SMARTS) is 1. The molecule has 3 N–H and O–H groups in total. The molecule has 204 valence electrons. The Labute approximate surface area is 225 Å². The number of carbonyl (C=O) groups is 1. The lowest BCUT2D eigenvalue weighted by Gasteiger charge is -2.29. The average molecular weight is 567 g/mol. The van der Waals surface area contributed by atoms with E-state index in [-0.39, 0.29) is 34.1 Å². The quantitative estimate of drug-likeness (QED) is 0.314. The van der Waals surface area contributed by atoms with Gasteiger partial charge >= 0.3 is 5.97 Å². The minimum Gasteiger partial charge on any atom is -0.478 e. The Bertz CT molecular complexity index is 1430. The number of aliphatic hydroxyl groups is 1. The lowest BCUT2D eigenvalue weighted by atomic mass is 9.94. The van der Waals surface area contributed by atoms with Gasteiger partial charge in [-0.05, 0) is 79.4 Å². The summed E-state index contributed by atoms with van der Waals surface area (Å²) in [5.74, 6) is -2.58. The van der Waals surface area contributed by atoms with Crippen LogP contribution in [0.1, 0.15) is 29.8 Å². The average Bonchev–Trinajstić information content (AvgIpc) is 2.84. The Morgan fingerprint density at radius 2 is 1.79 bits per heavy atom. The summed E-state index contributed by atoms with van der Waals surface area (Å²) in [5.41, 5.74) is 0.461. The number of halogens is 3. The number of likely N-dealkylation sites (N-methyl/N-ethyl adjacent to an activating group) is 1. The van der Waals surface area contributed by atoms with Crippen molar-refractivity contribution < 1.29 is 32.2 Å². The van der Waals surface area contributed by atoms with E-state index in [9.17, 15) is 32.2 Å². The third kappa shape index (κ3) is 7.58. The van der Waals surface area contributed by atoms with Crippen molar-refractivity contribution in [2.24, 2.45) is 0 Å². The SMILES string of the molecule is CN(C[C@H](O)CNC(C)(C)Cc1ccc(Cl)c(F)c1)S(=O)(=O)c1cccc(-c2cc(F)cc(C(=O)O)c2)c1. The summed E-state index contributed by atoms with van der Waals surface area (Å²) >= 11 is 5.73. The maximum absolute atomic E-state index is 13.9. The van der Waals surface area contributed by atoms with E-state index in [0.29, 0.717) is 17.5 Å². The molecule has 3 aromatic rings. The maximum atomic E-state index is 13.9. The molecular weight excluding hydrogens is 538 g/mol. The molecule has 0 spiro atoms. The number of hydrogen-bond donors (Lipinski definition) is 3. The van der Waals surface area contributed by atoms with Crippen LogP contribution < -0.4 is 5.32 Å². The van der Waals surface area contributed by atoms with Crippen LogP contribution in [-0.2, 0) is 16.4 Å². The van der Waals surface area contributed by atoms with Crippen LogP contribution in [0, 0.1) is 11.6 Å². The highest BCUT2D eigenvalue weighted by Gasteiger charge is 2.25. The van der Waals surface area contributed by atoms with Gasteiger partial charge in [-0.1, -0.05) is 29.8 Å². The Morgan fingerprint density at radius 3 is 2.45 bits per heavy atom. The molecule has 1 atom stereocenters. The molecule has 0 amide bonds. The molecule has 0 aliphatic rings. The molecule has 3 aromatic carbocycles. The van der Waals surface area contributed by atoms with Crippen molar-refractivity contribution in [2.45, 2.75) is 36.8 Å². The smallest absolute Gasteiger partial charge is 0.335 e. The first kappa shape index (κ1) is 29.7. The Morgan fingerprint density at radius 1 is 1.08 bits per heavy atom. The van der Waals surface area contributed by atoms with Crippen LogP contribution in [0.15, 0.2) is 65.6 Å². The van der Waals surface area contributed by atoms with Crippen LogP contribution in [0.2, 0.25) is 5.02 Å². The number of nitrogens with one attached hydrogen (secondary N) is 1. The van der Waals surface area contributed by atoms with Crippen molar-refractivity contribution in [3.05, 3.63) is 88.4 Å². The van der Waals surface area contributed by atoms with Gasteiger partial charge in [-0.15, -0.1) is 0 Å². The fraction of sp³-hybridized carbons (Fsp3) is 0.296. The molecule has 0 aliphatic carbocycles. The van der Waals surface area contributed by atoms with E-state index in [1.54, 1.807) is 12.1 Å². The largest absolute Gasteiger partial charge is 0.478 e. The normalized spacial score (nSPS) is 13.1. The zero-order valence-corrected chi connectivity index (χ0v) is 22.7. The molecule has 0 fully saturated rings. The van der Waals surface area contributed by atoms with Gasteiger partial charge in [0.05, 0.1) is 21.6 Å². The molecular formula is C27H29ClF2N2O5S. The highest BCUT2D eigenvalue weighted by atomic mass is 35.5. The zero-order chi connectivity index (χ0) is 28.3. The minimum absolute atomic E-state index is 0.0330. The fourth-order valence-corrected chi connectivity index (χ4v) is 5.34. The van der Waals surface area contributed by atoms with Crippen LogP contribution in [0.4, 0.5) is 8.78 Å². The van der Waals surface area contributed by atoms with Crippen LogP contribution in [-0.4, -0.2) is 60.7 Å². The van der Waals surface area contributed by atoms with Gasteiger partial charge in [-0.25, -0.2) is 22.0 Å². The first-order valence-corrected chi connectivity index (χ1v) is 13.5. The van der Waals surface area contributed by atoms with E-state index in [2.05, 4.69) is 5.32 Å². The second-order valence-corrected chi connectivity index (χ2v) is 12.1. The predicted octanol–water partition coefficient (Wildman–Crippen LogP) is 4.58. The van der Waals surface area contributed by atoms with Crippen LogP contribution in [0.25, 0.3) is 11.1 Å². The number of carboxylic acids is 1. The maximum Gasteiger partial charge on any atom is 0.335 e. The van der Waals surface area contributed by atoms with E-state index in [4.69, 9.17) is 11.6 Å². The number of aliphatic hydroxyl groups excluding tert-OH is 1.